The van der Waals surface area contributed by atoms with Crippen molar-refractivity contribution in [2.75, 3.05) is 18.1 Å². The van der Waals surface area contributed by atoms with Gasteiger partial charge in [0.1, 0.15) is 11.5 Å². The largest absolute Gasteiger partial charge is 0.338 e. The van der Waals surface area contributed by atoms with Crippen LogP contribution in [0.5, 0.6) is 0 Å². The first kappa shape index (κ1) is 17.8. The monoisotopic (exact) mass is 388 g/mol. The Morgan fingerprint density at radius 1 is 1.07 bits per heavy atom. The molecule has 2 aromatic carbocycles. The summed E-state index contributed by atoms with van der Waals surface area (Å²) < 4.78 is 13.0. The summed E-state index contributed by atoms with van der Waals surface area (Å²) in [6.07, 6.45) is 1.10. The second-order valence-electron chi connectivity index (χ2n) is 6.71. The molecule has 0 unspecified atom stereocenters. The minimum absolute atomic E-state index is 0.142. The number of carbonyl (C=O) groups excluding carboxylic acids is 2. The topological polar surface area (TPSA) is 64.7 Å². The lowest BCUT2D eigenvalue weighted by molar-refractivity contribution is 0.0640. The summed E-state index contributed by atoms with van der Waals surface area (Å²) in [4.78, 5) is 26.7. The van der Waals surface area contributed by atoms with E-state index in [1.165, 1.54) is 29.3 Å². The number of piperidine rings is 1. The Hall–Kier alpha value is -2.64. The van der Waals surface area contributed by atoms with Crippen LogP contribution < -0.4 is 15.8 Å². The summed E-state index contributed by atoms with van der Waals surface area (Å²) in [5.74, 6) is -0.515. The number of urea groups is 1. The Labute approximate surface area is 160 Å². The van der Waals surface area contributed by atoms with E-state index in [2.05, 4.69) is 10.7 Å². The number of nitrogens with zero attached hydrogens (tertiary/aromatic N) is 2. The number of anilines is 1. The van der Waals surface area contributed by atoms with Crippen LogP contribution in [0.25, 0.3) is 0 Å². The van der Waals surface area contributed by atoms with Crippen LogP contribution in [0.1, 0.15) is 23.2 Å². The van der Waals surface area contributed by atoms with Gasteiger partial charge in [0.25, 0.3) is 5.91 Å². The number of hydrazine groups is 1. The Balaban J connectivity index is 1.44. The van der Waals surface area contributed by atoms with Crippen LogP contribution in [-0.4, -0.2) is 35.6 Å². The number of halogens is 2. The van der Waals surface area contributed by atoms with Crippen molar-refractivity contribution in [3.8, 4) is 0 Å². The molecule has 140 valence electrons. The third-order valence-electron chi connectivity index (χ3n) is 4.96. The average molecular weight is 389 g/mol. The maximum Gasteiger partial charge on any atom is 0.338 e. The van der Waals surface area contributed by atoms with E-state index in [9.17, 15) is 14.0 Å². The van der Waals surface area contributed by atoms with E-state index in [0.29, 0.717) is 42.2 Å². The molecule has 0 atom stereocenters. The lowest BCUT2D eigenvalue weighted by atomic mass is 9.97. The Bertz CT molecular complexity index is 882. The fourth-order valence-corrected chi connectivity index (χ4v) is 3.68. The van der Waals surface area contributed by atoms with Gasteiger partial charge in [0.15, 0.2) is 0 Å². The first-order chi connectivity index (χ1) is 13.0. The van der Waals surface area contributed by atoms with Gasteiger partial charge in [-0.25, -0.2) is 19.6 Å². The predicted octanol–water partition coefficient (Wildman–Crippen LogP) is 3.15. The van der Waals surface area contributed by atoms with Gasteiger partial charge in [-0.1, -0.05) is 23.7 Å². The van der Waals surface area contributed by atoms with E-state index in [-0.39, 0.29) is 17.8 Å². The summed E-state index contributed by atoms with van der Waals surface area (Å²) in [7, 11) is 0. The number of rotatable bonds is 2. The van der Waals surface area contributed by atoms with Crippen LogP contribution in [0, 0.1) is 5.82 Å². The van der Waals surface area contributed by atoms with Gasteiger partial charge in [-0.15, -0.1) is 0 Å². The molecule has 2 saturated heterocycles. The predicted molar refractivity (Wildman–Crippen MR) is 99.9 cm³/mol. The van der Waals surface area contributed by atoms with E-state index in [1.807, 2.05) is 6.07 Å². The van der Waals surface area contributed by atoms with Crippen LogP contribution in [0.2, 0.25) is 5.02 Å². The second kappa shape index (κ2) is 6.83. The van der Waals surface area contributed by atoms with Crippen molar-refractivity contribution in [2.24, 2.45) is 0 Å². The number of carbonyl (C=O) groups is 2. The van der Waals surface area contributed by atoms with Gasteiger partial charge < -0.3 is 10.2 Å². The van der Waals surface area contributed by atoms with Crippen molar-refractivity contribution in [1.29, 1.82) is 0 Å². The number of hydrogen-bond donors (Lipinski definition) is 2. The number of benzene rings is 2. The number of amides is 3. The minimum Gasteiger partial charge on any atom is -0.338 e. The highest BCUT2D eigenvalue weighted by atomic mass is 35.5. The Kier molecular flexibility index (Phi) is 4.49. The Morgan fingerprint density at radius 2 is 1.74 bits per heavy atom. The zero-order valence-corrected chi connectivity index (χ0v) is 15.2. The normalized spacial score (nSPS) is 18.7. The van der Waals surface area contributed by atoms with Crippen molar-refractivity contribution in [2.45, 2.75) is 18.5 Å². The highest BCUT2D eigenvalue weighted by Crippen LogP contribution is 2.31. The molecule has 4 rings (SSSR count). The van der Waals surface area contributed by atoms with Gasteiger partial charge in [-0.2, -0.15) is 0 Å². The third kappa shape index (κ3) is 3.36. The summed E-state index contributed by atoms with van der Waals surface area (Å²) in [6, 6.07) is 12.3. The maximum absolute atomic E-state index is 13.0. The van der Waals surface area contributed by atoms with E-state index in [0.717, 1.165) is 0 Å². The van der Waals surface area contributed by atoms with Crippen LogP contribution in [-0.2, 0) is 0 Å². The molecule has 2 aromatic rings. The lowest BCUT2D eigenvalue weighted by Gasteiger charge is -2.38. The zero-order valence-electron chi connectivity index (χ0n) is 14.4. The summed E-state index contributed by atoms with van der Waals surface area (Å²) in [5, 5.41) is 4.87. The highest BCUT2D eigenvalue weighted by Gasteiger charge is 2.45. The maximum atomic E-state index is 13.0. The smallest absolute Gasteiger partial charge is 0.338 e. The number of hydrogen-bond acceptors (Lipinski definition) is 3. The van der Waals surface area contributed by atoms with E-state index < -0.39 is 5.66 Å². The fourth-order valence-electron chi connectivity index (χ4n) is 3.46. The summed E-state index contributed by atoms with van der Waals surface area (Å²) in [6.45, 7) is 0.944. The molecule has 2 heterocycles. The molecule has 2 aliphatic heterocycles. The molecule has 1 spiro atoms. The van der Waals surface area contributed by atoms with Crippen LogP contribution >= 0.6 is 11.6 Å². The third-order valence-corrected chi connectivity index (χ3v) is 5.28. The molecule has 2 N–H and O–H groups in total. The molecule has 2 aliphatic rings. The summed E-state index contributed by atoms with van der Waals surface area (Å²) >= 11 is 6.20. The SMILES string of the molecule is O=C(c1ccc(F)cc1)N1CCC2(CC1)NC(=O)N(c1ccccc1Cl)N2. The first-order valence-corrected chi connectivity index (χ1v) is 9.05. The van der Waals surface area contributed by atoms with Gasteiger partial charge in [-0.3, -0.25) is 4.79 Å². The summed E-state index contributed by atoms with van der Waals surface area (Å²) in [5.41, 5.74) is 3.64. The highest BCUT2D eigenvalue weighted by molar-refractivity contribution is 6.33. The van der Waals surface area contributed by atoms with Crippen molar-refractivity contribution < 1.29 is 14.0 Å². The zero-order chi connectivity index (χ0) is 19.0. The number of nitrogens with one attached hydrogen (secondary N) is 2. The number of likely N-dealkylation sites (tertiary alicyclic amines) is 1. The first-order valence-electron chi connectivity index (χ1n) is 8.67. The molecular formula is C19H18ClFN4O2. The van der Waals surface area contributed by atoms with E-state index in [1.54, 1.807) is 23.1 Å². The molecule has 6 nitrogen and oxygen atoms in total. The van der Waals surface area contributed by atoms with Gasteiger partial charge in [-0.05, 0) is 36.4 Å². The van der Waals surface area contributed by atoms with Crippen LogP contribution in [0.15, 0.2) is 48.5 Å². The van der Waals surface area contributed by atoms with Crippen molar-refractivity contribution in [1.82, 2.24) is 15.6 Å². The fraction of sp³-hybridized carbons (Fsp3) is 0.263. The molecule has 2 fully saturated rings. The molecular weight excluding hydrogens is 371 g/mol. The molecule has 0 aromatic heterocycles. The van der Waals surface area contributed by atoms with Crippen molar-refractivity contribution in [3.05, 3.63) is 64.9 Å². The molecule has 0 aliphatic carbocycles. The molecule has 0 saturated carbocycles. The standard InChI is InChI=1S/C19H18ClFN4O2/c20-15-3-1-2-4-16(15)25-18(27)22-19(23-25)9-11-24(12-10-19)17(26)13-5-7-14(21)8-6-13/h1-8,23H,9-12H2,(H,22,27). The Morgan fingerprint density at radius 3 is 2.41 bits per heavy atom. The number of para-hydroxylation sites is 1. The minimum atomic E-state index is -0.615. The lowest BCUT2D eigenvalue weighted by Crippen LogP contribution is -2.58. The molecule has 0 bridgehead atoms. The molecule has 8 heteroatoms. The quantitative estimate of drug-likeness (QED) is 0.830. The van der Waals surface area contributed by atoms with Gasteiger partial charge >= 0.3 is 6.03 Å². The molecule has 0 radical (unpaired) electrons. The van der Waals surface area contributed by atoms with Crippen molar-refractivity contribution >= 4 is 29.2 Å². The molecule has 27 heavy (non-hydrogen) atoms. The average Bonchev–Trinajstić information content (AvgIpc) is 2.98. The van der Waals surface area contributed by atoms with Gasteiger partial charge in [0, 0.05) is 31.5 Å². The van der Waals surface area contributed by atoms with E-state index in [4.69, 9.17) is 11.6 Å². The van der Waals surface area contributed by atoms with Crippen LogP contribution in [0.4, 0.5) is 14.9 Å². The molecule has 3 amide bonds. The van der Waals surface area contributed by atoms with Crippen LogP contribution in [0.3, 0.4) is 0 Å². The van der Waals surface area contributed by atoms with Gasteiger partial charge in [0.05, 0.1) is 10.7 Å². The van der Waals surface area contributed by atoms with Crippen molar-refractivity contribution in [3.63, 3.8) is 0 Å². The van der Waals surface area contributed by atoms with E-state index >= 15 is 0 Å². The van der Waals surface area contributed by atoms with Gasteiger partial charge in [0.2, 0.25) is 0 Å². The second-order valence-corrected chi connectivity index (χ2v) is 7.12.